The number of benzene rings is 1. The number of carbonyl (C=O) groups is 3. The minimum absolute atomic E-state index is 0.00369. The van der Waals surface area contributed by atoms with Crippen molar-refractivity contribution in [3.05, 3.63) is 46.8 Å². The van der Waals surface area contributed by atoms with Gasteiger partial charge in [0.25, 0.3) is 0 Å². The molecule has 0 radical (unpaired) electrons. The Hall–Kier alpha value is -3.53. The van der Waals surface area contributed by atoms with Gasteiger partial charge in [-0.2, -0.15) is 0 Å². The number of nitrogens with zero attached hydrogens (tertiary/aromatic N) is 5. The van der Waals surface area contributed by atoms with Gasteiger partial charge in [-0.15, -0.1) is 0 Å². The molecule has 0 atom stereocenters. The Kier molecular flexibility index (Phi) is 8.70. The molecule has 3 N–H and O–H groups in total. The first kappa shape index (κ1) is 26.5. The van der Waals surface area contributed by atoms with Gasteiger partial charge in [-0.05, 0) is 50.3 Å². The zero-order valence-corrected chi connectivity index (χ0v) is 21.5. The number of aliphatic carboxylic acids is 1. The number of carboxylic acids is 1. The fourth-order valence-electron chi connectivity index (χ4n) is 5.16. The lowest BCUT2D eigenvalue weighted by molar-refractivity contribution is -0.136. The van der Waals surface area contributed by atoms with Crippen LogP contribution in [-0.2, 0) is 33.8 Å². The van der Waals surface area contributed by atoms with Gasteiger partial charge >= 0.3 is 5.97 Å². The molecule has 10 nitrogen and oxygen atoms in total. The number of aryl methyl sites for hydroxylation is 1. The van der Waals surface area contributed by atoms with E-state index in [9.17, 15) is 14.4 Å². The first-order chi connectivity index (χ1) is 17.8. The fourth-order valence-corrected chi connectivity index (χ4v) is 5.16. The number of nitrogen functional groups attached to an aromatic ring is 1. The molecule has 1 fully saturated rings. The minimum Gasteiger partial charge on any atom is -0.481 e. The van der Waals surface area contributed by atoms with E-state index < -0.39 is 5.97 Å². The third-order valence-electron chi connectivity index (χ3n) is 6.95. The quantitative estimate of drug-likeness (QED) is 0.394. The lowest BCUT2D eigenvalue weighted by Gasteiger charge is -2.25. The summed E-state index contributed by atoms with van der Waals surface area (Å²) in [5.74, 6) is 0.976. The number of nitrogens with two attached hydrogens (primary N) is 1. The van der Waals surface area contributed by atoms with Crippen molar-refractivity contribution in [1.82, 2.24) is 19.8 Å². The molecule has 2 amide bonds. The fraction of sp³-hybridized carbons (Fsp3) is 0.519. The van der Waals surface area contributed by atoms with Gasteiger partial charge < -0.3 is 15.7 Å². The second-order valence-electron chi connectivity index (χ2n) is 9.89. The number of anilines is 2. The normalized spacial score (nSPS) is 15.2. The third-order valence-corrected chi connectivity index (χ3v) is 6.95. The average molecular weight is 509 g/mol. The summed E-state index contributed by atoms with van der Waals surface area (Å²) in [7, 11) is 0. The Morgan fingerprint density at radius 1 is 1.08 bits per heavy atom. The number of likely N-dealkylation sites (tertiary alicyclic amines) is 1. The molecule has 2 aliphatic rings. The lowest BCUT2D eigenvalue weighted by Crippen LogP contribution is -2.32. The van der Waals surface area contributed by atoms with Crippen LogP contribution in [0.15, 0.2) is 24.3 Å². The molecule has 0 aliphatic carbocycles. The first-order valence-corrected chi connectivity index (χ1v) is 13.0. The highest BCUT2D eigenvalue weighted by Crippen LogP contribution is 2.30. The molecule has 0 spiro atoms. The van der Waals surface area contributed by atoms with Crippen LogP contribution in [0.5, 0.6) is 0 Å². The van der Waals surface area contributed by atoms with Crippen LogP contribution in [0.4, 0.5) is 11.6 Å². The van der Waals surface area contributed by atoms with E-state index in [1.165, 1.54) is 0 Å². The first-order valence-electron chi connectivity index (χ1n) is 13.0. The van der Waals surface area contributed by atoms with E-state index in [2.05, 4.69) is 14.9 Å². The van der Waals surface area contributed by atoms with Crippen molar-refractivity contribution in [2.75, 3.05) is 43.4 Å². The summed E-state index contributed by atoms with van der Waals surface area (Å²) in [6.45, 7) is 6.32. The minimum atomic E-state index is -0.843. The Labute approximate surface area is 217 Å². The summed E-state index contributed by atoms with van der Waals surface area (Å²) >= 11 is 0. The van der Waals surface area contributed by atoms with Crippen LogP contribution in [0.3, 0.4) is 0 Å². The molecule has 2 aromatic rings. The molecule has 1 aromatic carbocycles. The maximum absolute atomic E-state index is 12.6. The Bertz CT molecular complexity index is 1150. The molecule has 0 bridgehead atoms. The van der Waals surface area contributed by atoms with Gasteiger partial charge in [0.2, 0.25) is 11.8 Å². The van der Waals surface area contributed by atoms with Crippen molar-refractivity contribution in [3.63, 3.8) is 0 Å². The average Bonchev–Trinajstić information content (AvgIpc) is 3.38. The van der Waals surface area contributed by atoms with Crippen molar-refractivity contribution in [2.24, 2.45) is 0 Å². The van der Waals surface area contributed by atoms with Crippen LogP contribution in [0.2, 0.25) is 0 Å². The number of carbonyl (C=O) groups excluding carboxylic acids is 2. The number of hydrogen-bond donors (Lipinski definition) is 2. The van der Waals surface area contributed by atoms with Gasteiger partial charge in [0.1, 0.15) is 17.5 Å². The predicted molar refractivity (Wildman–Crippen MR) is 140 cm³/mol. The molecule has 0 unspecified atom stereocenters. The summed E-state index contributed by atoms with van der Waals surface area (Å²) in [6, 6.07) is 7.72. The van der Waals surface area contributed by atoms with Crippen molar-refractivity contribution in [2.45, 2.75) is 58.4 Å². The van der Waals surface area contributed by atoms with Gasteiger partial charge in [-0.1, -0.05) is 24.3 Å². The molecule has 1 saturated heterocycles. The lowest BCUT2D eigenvalue weighted by atomic mass is 10.1. The van der Waals surface area contributed by atoms with Crippen LogP contribution < -0.4 is 10.6 Å². The van der Waals surface area contributed by atoms with E-state index in [-0.39, 0.29) is 24.7 Å². The molecule has 0 saturated carbocycles. The Balaban J connectivity index is 1.34. The summed E-state index contributed by atoms with van der Waals surface area (Å²) in [6.07, 6.45) is 4.42. The Morgan fingerprint density at radius 3 is 2.62 bits per heavy atom. The zero-order valence-electron chi connectivity index (χ0n) is 21.5. The van der Waals surface area contributed by atoms with Crippen LogP contribution in [0, 0.1) is 6.92 Å². The summed E-state index contributed by atoms with van der Waals surface area (Å²) in [5, 5.41) is 9.14. The van der Waals surface area contributed by atoms with E-state index in [1.54, 1.807) is 11.8 Å². The molecular weight excluding hydrogens is 472 g/mol. The molecule has 10 heteroatoms. The molecule has 37 heavy (non-hydrogen) atoms. The standard InChI is InChI=1S/C27H36N6O4/c1-19-29-26(28)22-17-24(35)33(27(22)30-19)14-3-2-10-31(11-6-13-32-12-5-9-23(32)34)18-21-8-4-7-20(15-21)16-25(36)37/h4,7-8,15H,2-3,5-6,9-14,16-18H2,1H3,(H,36,37)(H2,28,29,30). The number of aromatic nitrogens is 2. The zero-order chi connectivity index (χ0) is 26.4. The number of fused-ring (bicyclic) bond motifs is 1. The molecule has 198 valence electrons. The van der Waals surface area contributed by atoms with Gasteiger partial charge in [-0.25, -0.2) is 9.97 Å². The number of unbranched alkanes of at least 4 members (excludes halogenated alkanes) is 1. The van der Waals surface area contributed by atoms with Crippen LogP contribution in [-0.4, -0.2) is 75.4 Å². The van der Waals surface area contributed by atoms with Crippen molar-refractivity contribution >= 4 is 29.4 Å². The predicted octanol–water partition coefficient (Wildman–Crippen LogP) is 2.18. The van der Waals surface area contributed by atoms with Crippen molar-refractivity contribution < 1.29 is 19.5 Å². The van der Waals surface area contributed by atoms with Gasteiger partial charge in [0, 0.05) is 44.7 Å². The molecule has 1 aromatic heterocycles. The van der Waals surface area contributed by atoms with Crippen molar-refractivity contribution in [1.29, 1.82) is 0 Å². The highest BCUT2D eigenvalue weighted by Gasteiger charge is 2.31. The maximum Gasteiger partial charge on any atom is 0.307 e. The number of amides is 2. The number of rotatable bonds is 13. The molecule has 2 aliphatic heterocycles. The second-order valence-corrected chi connectivity index (χ2v) is 9.89. The van der Waals surface area contributed by atoms with E-state index in [1.807, 2.05) is 29.2 Å². The highest BCUT2D eigenvalue weighted by atomic mass is 16.4. The largest absolute Gasteiger partial charge is 0.481 e. The topological polar surface area (TPSA) is 133 Å². The summed E-state index contributed by atoms with van der Waals surface area (Å²) in [4.78, 5) is 50.3. The van der Waals surface area contributed by atoms with E-state index in [0.29, 0.717) is 37.0 Å². The highest BCUT2D eigenvalue weighted by molar-refractivity contribution is 6.01. The second kappa shape index (κ2) is 12.1. The van der Waals surface area contributed by atoms with Crippen LogP contribution in [0.25, 0.3) is 0 Å². The van der Waals surface area contributed by atoms with Crippen LogP contribution >= 0.6 is 0 Å². The van der Waals surface area contributed by atoms with Crippen LogP contribution in [0.1, 0.15) is 54.6 Å². The third kappa shape index (κ3) is 7.03. The molecule has 3 heterocycles. The van der Waals surface area contributed by atoms with Gasteiger partial charge in [0.15, 0.2) is 0 Å². The monoisotopic (exact) mass is 508 g/mol. The van der Waals surface area contributed by atoms with Gasteiger partial charge in [-0.3, -0.25) is 24.2 Å². The SMILES string of the molecule is Cc1nc(N)c2c(n1)N(CCCCN(CCCN1CCCC1=O)Cc1cccc(CC(=O)O)c1)C(=O)C2. The van der Waals surface area contributed by atoms with Gasteiger partial charge in [0.05, 0.1) is 12.8 Å². The maximum atomic E-state index is 12.6. The van der Waals surface area contributed by atoms with E-state index in [4.69, 9.17) is 10.8 Å². The van der Waals surface area contributed by atoms with E-state index >= 15 is 0 Å². The smallest absolute Gasteiger partial charge is 0.307 e. The van der Waals surface area contributed by atoms with Crippen molar-refractivity contribution in [3.8, 4) is 0 Å². The molecule has 4 rings (SSSR count). The summed E-state index contributed by atoms with van der Waals surface area (Å²) < 4.78 is 0. The number of carboxylic acid groups (broad SMARTS) is 1. The Morgan fingerprint density at radius 2 is 1.86 bits per heavy atom. The molecular formula is C27H36N6O4. The summed E-state index contributed by atoms with van der Waals surface area (Å²) in [5.41, 5.74) is 8.59. The number of hydrogen-bond acceptors (Lipinski definition) is 7. The van der Waals surface area contributed by atoms with E-state index in [0.717, 1.165) is 68.6 Å².